The highest BCUT2D eigenvalue weighted by molar-refractivity contribution is 7.18. The minimum atomic E-state index is -4.62. The fourth-order valence-electron chi connectivity index (χ4n) is 1.46. The van der Waals surface area contributed by atoms with Crippen molar-refractivity contribution in [2.45, 2.75) is 12.1 Å². The number of carbonyl (C=O) groups excluding carboxylic acids is 1. The maximum atomic E-state index is 12.0. The molecular formula is C12H7F3N2O2S. The maximum Gasteiger partial charge on any atom is 0.422 e. The van der Waals surface area contributed by atoms with Crippen LogP contribution >= 0.6 is 11.3 Å². The van der Waals surface area contributed by atoms with E-state index < -0.39 is 24.7 Å². The molecule has 0 aliphatic rings. The minimum absolute atomic E-state index is 0.126. The second-order valence-electron chi connectivity index (χ2n) is 3.80. The van der Waals surface area contributed by atoms with Gasteiger partial charge in [-0.2, -0.15) is 18.4 Å². The van der Waals surface area contributed by atoms with Gasteiger partial charge in [0.05, 0.1) is 16.3 Å². The lowest BCUT2D eigenvalue weighted by Crippen LogP contribution is -2.23. The first-order chi connectivity index (χ1) is 9.40. The molecule has 0 aliphatic carbocycles. The monoisotopic (exact) mass is 300 g/mol. The molecule has 20 heavy (non-hydrogen) atoms. The third-order valence-corrected chi connectivity index (χ3v) is 3.40. The van der Waals surface area contributed by atoms with Crippen LogP contribution in [0, 0.1) is 11.3 Å². The summed E-state index contributed by atoms with van der Waals surface area (Å²) in [7, 11) is 0. The second-order valence-corrected chi connectivity index (χ2v) is 4.87. The molecule has 0 spiro atoms. The van der Waals surface area contributed by atoms with Crippen LogP contribution in [-0.4, -0.2) is 23.7 Å². The van der Waals surface area contributed by atoms with E-state index in [9.17, 15) is 18.0 Å². The number of aromatic nitrogens is 1. The molecule has 0 saturated carbocycles. The Labute approximate surface area is 115 Å². The zero-order valence-electron chi connectivity index (χ0n) is 9.85. The first kappa shape index (κ1) is 14.3. The van der Waals surface area contributed by atoms with E-state index in [0.717, 1.165) is 16.0 Å². The largest absolute Gasteiger partial charge is 0.455 e. The van der Waals surface area contributed by atoms with Gasteiger partial charge in [-0.15, -0.1) is 11.3 Å². The number of ether oxygens (including phenoxy) is 1. The number of esters is 1. The Bertz CT molecular complexity index is 642. The van der Waals surface area contributed by atoms with Crippen molar-refractivity contribution < 1.29 is 22.7 Å². The zero-order valence-corrected chi connectivity index (χ0v) is 10.7. The van der Waals surface area contributed by atoms with Crippen LogP contribution in [0.25, 0.3) is 10.2 Å². The van der Waals surface area contributed by atoms with Crippen LogP contribution in [0.3, 0.4) is 0 Å². The van der Waals surface area contributed by atoms with E-state index in [1.54, 1.807) is 30.3 Å². The molecule has 1 atom stereocenters. The van der Waals surface area contributed by atoms with Crippen molar-refractivity contribution in [3.05, 3.63) is 29.3 Å². The Hall–Kier alpha value is -2.14. The van der Waals surface area contributed by atoms with E-state index in [1.807, 2.05) is 0 Å². The highest BCUT2D eigenvalue weighted by Gasteiger charge is 2.33. The van der Waals surface area contributed by atoms with Gasteiger partial charge in [0.2, 0.25) is 0 Å². The summed E-state index contributed by atoms with van der Waals surface area (Å²) in [5, 5.41) is 9.06. The molecule has 0 fully saturated rings. The summed E-state index contributed by atoms with van der Waals surface area (Å²) in [6.45, 7) is -1.71. The van der Waals surface area contributed by atoms with E-state index >= 15 is 0 Å². The molecule has 0 N–H and O–H groups in total. The van der Waals surface area contributed by atoms with E-state index in [1.165, 1.54) is 0 Å². The van der Waals surface area contributed by atoms with Crippen molar-refractivity contribution in [2.24, 2.45) is 0 Å². The van der Waals surface area contributed by atoms with Gasteiger partial charge in [-0.25, -0.2) is 4.98 Å². The van der Waals surface area contributed by atoms with E-state index in [2.05, 4.69) is 9.72 Å². The van der Waals surface area contributed by atoms with Gasteiger partial charge in [0.25, 0.3) is 0 Å². The molecule has 0 amide bonds. The average molecular weight is 300 g/mol. The summed E-state index contributed by atoms with van der Waals surface area (Å²) in [5.41, 5.74) is 0.580. The molecule has 1 aromatic carbocycles. The predicted octanol–water partition coefficient (Wildman–Crippen LogP) is 3.01. The van der Waals surface area contributed by atoms with E-state index in [4.69, 9.17) is 5.26 Å². The second kappa shape index (κ2) is 5.46. The topological polar surface area (TPSA) is 63.0 Å². The lowest BCUT2D eigenvalue weighted by molar-refractivity contribution is -0.186. The van der Waals surface area contributed by atoms with Gasteiger partial charge in [0.15, 0.2) is 12.5 Å². The van der Waals surface area contributed by atoms with Crippen molar-refractivity contribution >= 4 is 27.5 Å². The summed E-state index contributed by atoms with van der Waals surface area (Å²) >= 11 is 1.08. The van der Waals surface area contributed by atoms with E-state index in [-0.39, 0.29) is 5.01 Å². The summed E-state index contributed by atoms with van der Waals surface area (Å²) in [5.74, 6) is -2.70. The minimum Gasteiger partial charge on any atom is -0.455 e. The van der Waals surface area contributed by atoms with Crippen molar-refractivity contribution in [3.8, 4) is 6.07 Å². The summed E-state index contributed by atoms with van der Waals surface area (Å²) in [4.78, 5) is 15.6. The fraction of sp³-hybridized carbons (Fsp3) is 0.250. The number of carbonyl (C=O) groups is 1. The summed E-state index contributed by atoms with van der Waals surface area (Å²) < 4.78 is 40.8. The van der Waals surface area contributed by atoms with Crippen LogP contribution in [0.5, 0.6) is 0 Å². The predicted molar refractivity (Wildman–Crippen MR) is 65.0 cm³/mol. The molecule has 8 heteroatoms. The Morgan fingerprint density at radius 3 is 2.75 bits per heavy atom. The fourth-order valence-corrected chi connectivity index (χ4v) is 2.46. The molecule has 104 valence electrons. The van der Waals surface area contributed by atoms with Crippen molar-refractivity contribution in [1.29, 1.82) is 5.26 Å². The van der Waals surface area contributed by atoms with Crippen LogP contribution in [0.2, 0.25) is 0 Å². The number of nitrogens with zero attached hydrogens (tertiary/aromatic N) is 2. The Balaban J connectivity index is 2.19. The van der Waals surface area contributed by atoms with Crippen molar-refractivity contribution in [2.75, 3.05) is 6.61 Å². The van der Waals surface area contributed by atoms with Crippen LogP contribution < -0.4 is 0 Å². The van der Waals surface area contributed by atoms with Gasteiger partial charge < -0.3 is 4.74 Å². The molecular weight excluding hydrogens is 293 g/mol. The lowest BCUT2D eigenvalue weighted by Gasteiger charge is -2.09. The quantitative estimate of drug-likeness (QED) is 0.817. The number of benzene rings is 1. The highest BCUT2D eigenvalue weighted by atomic mass is 32.1. The number of alkyl halides is 3. The van der Waals surface area contributed by atoms with Gasteiger partial charge in [0.1, 0.15) is 5.01 Å². The lowest BCUT2D eigenvalue weighted by atomic mass is 10.2. The molecule has 0 saturated heterocycles. The number of para-hydroxylation sites is 1. The number of hydrogen-bond donors (Lipinski definition) is 0. The highest BCUT2D eigenvalue weighted by Crippen LogP contribution is 2.28. The van der Waals surface area contributed by atoms with Crippen molar-refractivity contribution in [1.82, 2.24) is 4.98 Å². The summed E-state index contributed by atoms with van der Waals surface area (Å²) in [6, 6.07) is 8.54. The standard InChI is InChI=1S/C12H7F3N2O2S/c13-12(14,15)6-19-11(18)7(5-16)10-17-8-3-1-2-4-9(8)20-10/h1-4,7H,6H2/t7-/m0/s1. The zero-order chi connectivity index (χ0) is 14.8. The smallest absolute Gasteiger partial charge is 0.422 e. The molecule has 0 radical (unpaired) electrons. The number of rotatable bonds is 3. The first-order valence-electron chi connectivity index (χ1n) is 5.39. The Morgan fingerprint density at radius 1 is 1.45 bits per heavy atom. The van der Waals surface area contributed by atoms with Crippen LogP contribution in [-0.2, 0) is 9.53 Å². The number of thiazole rings is 1. The summed E-state index contributed by atoms with van der Waals surface area (Å²) in [6.07, 6.45) is -4.62. The van der Waals surface area contributed by atoms with Crippen molar-refractivity contribution in [3.63, 3.8) is 0 Å². The SMILES string of the molecule is N#C[C@H](C(=O)OCC(F)(F)F)c1nc2ccccc2s1. The molecule has 0 unspecified atom stereocenters. The molecule has 2 aromatic rings. The third-order valence-electron chi connectivity index (χ3n) is 2.30. The molecule has 2 rings (SSSR count). The number of halogens is 3. The Kier molecular flexibility index (Phi) is 3.90. The maximum absolute atomic E-state index is 12.0. The van der Waals surface area contributed by atoms with Crippen LogP contribution in [0.4, 0.5) is 13.2 Å². The molecule has 1 heterocycles. The molecule has 0 aliphatic heterocycles. The van der Waals surface area contributed by atoms with Crippen LogP contribution in [0.15, 0.2) is 24.3 Å². The van der Waals surface area contributed by atoms with Crippen LogP contribution in [0.1, 0.15) is 10.9 Å². The van der Waals surface area contributed by atoms with Gasteiger partial charge >= 0.3 is 12.1 Å². The van der Waals surface area contributed by atoms with Gasteiger partial charge in [-0.05, 0) is 12.1 Å². The average Bonchev–Trinajstić information content (AvgIpc) is 2.79. The first-order valence-corrected chi connectivity index (χ1v) is 6.21. The number of fused-ring (bicyclic) bond motifs is 1. The molecule has 0 bridgehead atoms. The Morgan fingerprint density at radius 2 is 2.15 bits per heavy atom. The molecule has 1 aromatic heterocycles. The molecule has 4 nitrogen and oxygen atoms in total. The van der Waals surface area contributed by atoms with Gasteiger partial charge in [0, 0.05) is 0 Å². The van der Waals surface area contributed by atoms with E-state index in [0.29, 0.717) is 5.52 Å². The van der Waals surface area contributed by atoms with Gasteiger partial charge in [-0.1, -0.05) is 12.1 Å². The third kappa shape index (κ3) is 3.24. The number of nitriles is 1. The normalized spacial score (nSPS) is 12.9. The number of hydrogen-bond acceptors (Lipinski definition) is 5. The van der Waals surface area contributed by atoms with Gasteiger partial charge in [-0.3, -0.25) is 4.79 Å².